The van der Waals surface area contributed by atoms with E-state index in [1.165, 1.54) is 0 Å². The minimum absolute atomic E-state index is 0.113. The van der Waals surface area contributed by atoms with Crippen LogP contribution in [0.15, 0.2) is 60.7 Å². The van der Waals surface area contributed by atoms with Gasteiger partial charge in [0.25, 0.3) is 0 Å². The quantitative estimate of drug-likeness (QED) is 0.401. The molecule has 32 heavy (non-hydrogen) atoms. The molecule has 0 heterocycles. The molecule has 0 fully saturated rings. The van der Waals surface area contributed by atoms with Crippen LogP contribution in [0.3, 0.4) is 0 Å². The van der Waals surface area contributed by atoms with Gasteiger partial charge in [-0.25, -0.2) is 0 Å². The summed E-state index contributed by atoms with van der Waals surface area (Å²) in [5.41, 5.74) is 3.29. The molecule has 0 aromatic heterocycles. The average Bonchev–Trinajstić information content (AvgIpc) is 2.72. The minimum Gasteiger partial charge on any atom is -0.302 e. The van der Waals surface area contributed by atoms with Crippen molar-refractivity contribution >= 4 is 23.5 Å². The summed E-state index contributed by atoms with van der Waals surface area (Å²) >= 11 is 0. The summed E-state index contributed by atoms with van der Waals surface area (Å²) in [4.78, 5) is 27.8. The number of carbonyl (C=O) groups is 2. The first-order valence-corrected chi connectivity index (χ1v) is 12.5. The highest BCUT2D eigenvalue weighted by atomic mass is 31.2. The van der Waals surface area contributed by atoms with E-state index >= 15 is 0 Å². The Morgan fingerprint density at radius 1 is 0.688 bits per heavy atom. The minimum atomic E-state index is -4.18. The van der Waals surface area contributed by atoms with E-state index in [0.29, 0.717) is 22.0 Å². The highest BCUT2D eigenvalue weighted by Crippen LogP contribution is 2.53. The number of rotatable bonds is 5. The predicted octanol–water partition coefficient (Wildman–Crippen LogP) is 6.89. The predicted molar refractivity (Wildman–Crippen MR) is 133 cm³/mol. The van der Waals surface area contributed by atoms with Crippen molar-refractivity contribution in [3.05, 3.63) is 99.6 Å². The van der Waals surface area contributed by atoms with Crippen molar-refractivity contribution in [1.82, 2.24) is 0 Å². The summed E-state index contributed by atoms with van der Waals surface area (Å²) in [5.74, 6) is 0. The van der Waals surface area contributed by atoms with Crippen LogP contribution in [0, 0.1) is 27.7 Å². The second-order valence-corrected chi connectivity index (χ2v) is 12.0. The second-order valence-electron chi connectivity index (χ2n) is 9.56. The van der Waals surface area contributed by atoms with E-state index in [0.717, 1.165) is 16.7 Å². The van der Waals surface area contributed by atoms with E-state index in [-0.39, 0.29) is 11.0 Å². The molecule has 0 aliphatic carbocycles. The molecule has 4 heteroatoms. The molecule has 0 N–H and O–H groups in total. The molecular formula is C28H31O3P. The van der Waals surface area contributed by atoms with Crippen LogP contribution in [0.5, 0.6) is 0 Å². The fourth-order valence-corrected chi connectivity index (χ4v) is 7.15. The third-order valence-corrected chi connectivity index (χ3v) is 8.92. The van der Waals surface area contributed by atoms with Crippen LogP contribution >= 0.6 is 7.14 Å². The van der Waals surface area contributed by atoms with Crippen LogP contribution in [0.2, 0.25) is 0 Å². The molecule has 0 saturated heterocycles. The second kappa shape index (κ2) is 8.64. The van der Waals surface area contributed by atoms with E-state index in [1.54, 1.807) is 30.3 Å². The molecule has 0 spiro atoms. The van der Waals surface area contributed by atoms with Crippen molar-refractivity contribution in [2.45, 2.75) is 53.9 Å². The number of aryl methyl sites for hydroxylation is 4. The van der Waals surface area contributed by atoms with E-state index in [9.17, 15) is 14.2 Å². The van der Waals surface area contributed by atoms with Crippen LogP contribution in [-0.2, 0) is 9.98 Å². The van der Waals surface area contributed by atoms with Crippen molar-refractivity contribution in [2.75, 3.05) is 0 Å². The Hall–Kier alpha value is -2.77. The van der Waals surface area contributed by atoms with Crippen molar-refractivity contribution in [3.63, 3.8) is 0 Å². The third-order valence-electron chi connectivity index (χ3n) is 5.96. The van der Waals surface area contributed by atoms with Crippen molar-refractivity contribution in [1.29, 1.82) is 0 Å². The maximum Gasteiger partial charge on any atom is 0.249 e. The fraction of sp³-hybridized carbons (Fsp3) is 0.286. The molecule has 3 rings (SSSR count). The molecule has 1 unspecified atom stereocenters. The molecule has 0 aliphatic rings. The highest BCUT2D eigenvalue weighted by molar-refractivity contribution is 8.01. The van der Waals surface area contributed by atoms with Gasteiger partial charge in [0.05, 0.1) is 0 Å². The van der Waals surface area contributed by atoms with Crippen LogP contribution in [0.4, 0.5) is 0 Å². The molecular weight excluding hydrogens is 415 g/mol. The molecule has 0 radical (unpaired) electrons. The zero-order valence-corrected chi connectivity index (χ0v) is 20.8. The molecule has 0 saturated carbocycles. The molecule has 3 nitrogen and oxygen atoms in total. The lowest BCUT2D eigenvalue weighted by Crippen LogP contribution is -2.26. The zero-order chi connectivity index (χ0) is 23.8. The van der Waals surface area contributed by atoms with Gasteiger partial charge in [-0.3, -0.25) is 9.59 Å². The van der Waals surface area contributed by atoms with Gasteiger partial charge in [-0.2, -0.15) is 0 Å². The Balaban J connectivity index is 2.36. The lowest BCUT2D eigenvalue weighted by Gasteiger charge is -2.26. The average molecular weight is 447 g/mol. The van der Waals surface area contributed by atoms with E-state index in [4.69, 9.17) is 0 Å². The van der Waals surface area contributed by atoms with Crippen molar-refractivity contribution in [3.8, 4) is 0 Å². The van der Waals surface area contributed by atoms with Gasteiger partial charge in [-0.1, -0.05) is 81.4 Å². The third kappa shape index (κ3) is 4.14. The van der Waals surface area contributed by atoms with Gasteiger partial charge in [0, 0.05) is 16.4 Å². The smallest absolute Gasteiger partial charge is 0.249 e. The van der Waals surface area contributed by atoms with Gasteiger partial charge < -0.3 is 4.57 Å². The number of carbonyl (C=O) groups excluding carboxylic acids is 2. The molecule has 166 valence electrons. The van der Waals surface area contributed by atoms with E-state index < -0.39 is 18.2 Å². The van der Waals surface area contributed by atoms with Gasteiger partial charge in [-0.05, 0) is 60.9 Å². The van der Waals surface area contributed by atoms with Crippen molar-refractivity contribution < 1.29 is 14.2 Å². The maximum absolute atomic E-state index is 14.8. The maximum atomic E-state index is 14.8. The number of hydrogen-bond acceptors (Lipinski definition) is 3. The summed E-state index contributed by atoms with van der Waals surface area (Å²) in [6.07, 6.45) is 0. The topological polar surface area (TPSA) is 51.2 Å². The number of benzene rings is 3. The first-order valence-electron chi connectivity index (χ1n) is 10.8. The van der Waals surface area contributed by atoms with Crippen molar-refractivity contribution in [2.24, 2.45) is 0 Å². The molecule has 0 aliphatic heterocycles. The SMILES string of the molecule is Cc1cccc(C)c1C(=O)P(=O)(C(=O)c1ccccc1)c1c(C)cc(C(C)(C)C)cc1C. The summed E-state index contributed by atoms with van der Waals surface area (Å²) in [6.45, 7) is 13.7. The van der Waals surface area contributed by atoms with Gasteiger partial charge in [0.1, 0.15) is 0 Å². The first kappa shape index (κ1) is 23.9. The Kier molecular flexibility index (Phi) is 6.45. The summed E-state index contributed by atoms with van der Waals surface area (Å²) < 4.78 is 14.8. The summed E-state index contributed by atoms with van der Waals surface area (Å²) in [5, 5.41) is 0.368. The largest absolute Gasteiger partial charge is 0.302 e. The van der Waals surface area contributed by atoms with Gasteiger partial charge in [0.2, 0.25) is 18.2 Å². The Morgan fingerprint density at radius 3 is 1.66 bits per heavy atom. The fourth-order valence-electron chi connectivity index (χ4n) is 4.25. The Bertz CT molecular complexity index is 1200. The van der Waals surface area contributed by atoms with Crippen LogP contribution in [0.25, 0.3) is 0 Å². The lowest BCUT2D eigenvalue weighted by molar-refractivity contribution is 0.104. The van der Waals surface area contributed by atoms with Crippen LogP contribution in [-0.4, -0.2) is 11.0 Å². The monoisotopic (exact) mass is 446 g/mol. The molecule has 3 aromatic rings. The Labute approximate surface area is 191 Å². The van der Waals surface area contributed by atoms with E-state index in [1.807, 2.05) is 58.0 Å². The molecule has 1 atom stereocenters. The Morgan fingerprint density at radius 2 is 1.19 bits per heavy atom. The molecule has 0 amide bonds. The normalized spacial score (nSPS) is 13.5. The van der Waals surface area contributed by atoms with Gasteiger partial charge in [0.15, 0.2) is 0 Å². The van der Waals surface area contributed by atoms with Gasteiger partial charge in [-0.15, -0.1) is 0 Å². The number of hydrogen-bond donors (Lipinski definition) is 0. The van der Waals surface area contributed by atoms with Crippen LogP contribution in [0.1, 0.15) is 69.3 Å². The first-order chi connectivity index (χ1) is 14.9. The molecule has 3 aromatic carbocycles. The van der Waals surface area contributed by atoms with Gasteiger partial charge >= 0.3 is 0 Å². The standard InChI is InChI=1S/C28H31O3P/c1-18-12-11-13-19(2)24(18)27(30)32(31,26(29)22-14-9-8-10-15-22)25-20(3)16-23(17-21(25)4)28(5,6)7/h8-17H,1-7H3. The van der Waals surface area contributed by atoms with Crippen LogP contribution < -0.4 is 5.30 Å². The van der Waals surface area contributed by atoms with E-state index in [2.05, 4.69) is 20.8 Å². The highest BCUT2D eigenvalue weighted by Gasteiger charge is 2.45. The summed E-state index contributed by atoms with van der Waals surface area (Å²) in [6, 6.07) is 17.9. The zero-order valence-electron chi connectivity index (χ0n) is 19.9. The molecule has 0 bridgehead atoms. The lowest BCUT2D eigenvalue weighted by atomic mass is 9.85. The summed E-state index contributed by atoms with van der Waals surface area (Å²) in [7, 11) is -4.18.